The summed E-state index contributed by atoms with van der Waals surface area (Å²) >= 11 is 0. The van der Waals surface area contributed by atoms with Gasteiger partial charge in [-0.05, 0) is 48.4 Å². The number of pyridine rings is 1. The summed E-state index contributed by atoms with van der Waals surface area (Å²) in [5.74, 6) is -0.390. The van der Waals surface area contributed by atoms with E-state index in [0.717, 1.165) is 16.8 Å². The number of carbonyl (C=O) groups is 1. The standard InChI is InChI=1S/C24H25N5O4S/c1-3-33-24-20(13-25)21(26)12-22(29-24)23(30)28-15-17-6-4-16(5-7-17)14-27-18-8-10-19(11-9-18)34(2,31)32/h4-12,27H,3,14-15H2,1-2H3,(H2,26,29)(H,28,30). The lowest BCUT2D eigenvalue weighted by Crippen LogP contribution is -2.24. The number of hydrogen-bond acceptors (Lipinski definition) is 8. The zero-order valence-electron chi connectivity index (χ0n) is 18.8. The molecule has 0 aliphatic heterocycles. The molecule has 4 N–H and O–H groups in total. The third-order valence-electron chi connectivity index (χ3n) is 4.90. The molecular weight excluding hydrogens is 454 g/mol. The number of hydrogen-bond donors (Lipinski definition) is 3. The van der Waals surface area contributed by atoms with Crippen molar-refractivity contribution >= 4 is 27.1 Å². The van der Waals surface area contributed by atoms with Crippen LogP contribution in [0.2, 0.25) is 0 Å². The molecule has 0 fully saturated rings. The maximum Gasteiger partial charge on any atom is 0.270 e. The van der Waals surface area contributed by atoms with Crippen molar-refractivity contribution in [1.82, 2.24) is 10.3 Å². The Balaban J connectivity index is 1.57. The van der Waals surface area contributed by atoms with Crippen LogP contribution in [0.5, 0.6) is 5.88 Å². The predicted octanol–water partition coefficient (Wildman–Crippen LogP) is 2.88. The zero-order valence-corrected chi connectivity index (χ0v) is 19.6. The fourth-order valence-corrected chi connectivity index (χ4v) is 3.71. The third-order valence-corrected chi connectivity index (χ3v) is 6.03. The number of amides is 1. The number of nitriles is 1. The molecule has 0 saturated heterocycles. The van der Waals surface area contributed by atoms with Gasteiger partial charge in [-0.25, -0.2) is 13.4 Å². The van der Waals surface area contributed by atoms with E-state index in [1.165, 1.54) is 12.3 Å². The second kappa shape index (κ2) is 10.7. The Morgan fingerprint density at radius 3 is 2.26 bits per heavy atom. The van der Waals surface area contributed by atoms with Gasteiger partial charge in [0.05, 0.1) is 17.2 Å². The van der Waals surface area contributed by atoms with Gasteiger partial charge in [0, 0.05) is 25.0 Å². The summed E-state index contributed by atoms with van der Waals surface area (Å²) in [6, 6.07) is 17.5. The normalized spacial score (nSPS) is 10.9. The number of benzene rings is 2. The highest BCUT2D eigenvalue weighted by Crippen LogP contribution is 2.22. The quantitative estimate of drug-likeness (QED) is 0.424. The molecule has 34 heavy (non-hydrogen) atoms. The van der Waals surface area contributed by atoms with Crippen molar-refractivity contribution in [2.45, 2.75) is 24.9 Å². The average molecular weight is 480 g/mol. The maximum atomic E-state index is 12.5. The van der Waals surface area contributed by atoms with Crippen LogP contribution in [0.3, 0.4) is 0 Å². The fourth-order valence-electron chi connectivity index (χ4n) is 3.08. The van der Waals surface area contributed by atoms with Crippen LogP contribution in [0.1, 0.15) is 34.1 Å². The fraction of sp³-hybridized carbons (Fsp3) is 0.208. The van der Waals surface area contributed by atoms with Crippen molar-refractivity contribution in [2.24, 2.45) is 0 Å². The minimum absolute atomic E-state index is 0.0398. The largest absolute Gasteiger partial charge is 0.477 e. The Hall–Kier alpha value is -4.10. The first-order chi connectivity index (χ1) is 16.2. The van der Waals surface area contributed by atoms with Crippen LogP contribution < -0.4 is 21.1 Å². The van der Waals surface area contributed by atoms with Crippen LogP contribution in [0.15, 0.2) is 59.5 Å². The Bertz CT molecular complexity index is 1320. The van der Waals surface area contributed by atoms with Gasteiger partial charge in [-0.3, -0.25) is 4.79 Å². The SMILES string of the molecule is CCOc1nc(C(=O)NCc2ccc(CNc3ccc(S(C)(=O)=O)cc3)cc2)cc(N)c1C#N. The number of anilines is 2. The zero-order chi connectivity index (χ0) is 24.7. The lowest BCUT2D eigenvalue weighted by Gasteiger charge is -2.11. The molecule has 3 aromatic rings. The molecule has 176 valence electrons. The van der Waals surface area contributed by atoms with Gasteiger partial charge < -0.3 is 21.1 Å². The number of carbonyl (C=O) groups excluding carboxylic acids is 1. The second-order valence-electron chi connectivity index (χ2n) is 7.47. The van der Waals surface area contributed by atoms with Crippen LogP contribution in [-0.2, 0) is 22.9 Å². The van der Waals surface area contributed by atoms with Gasteiger partial charge >= 0.3 is 0 Å². The lowest BCUT2D eigenvalue weighted by atomic mass is 10.1. The molecule has 2 aromatic carbocycles. The lowest BCUT2D eigenvalue weighted by molar-refractivity contribution is 0.0944. The topological polar surface area (TPSA) is 147 Å². The van der Waals surface area contributed by atoms with Crippen molar-refractivity contribution in [3.63, 3.8) is 0 Å². The highest BCUT2D eigenvalue weighted by atomic mass is 32.2. The molecule has 0 saturated carbocycles. The smallest absolute Gasteiger partial charge is 0.270 e. The van der Waals surface area contributed by atoms with Crippen molar-refractivity contribution in [1.29, 1.82) is 5.26 Å². The first-order valence-electron chi connectivity index (χ1n) is 10.4. The van der Waals surface area contributed by atoms with Crippen LogP contribution in [0, 0.1) is 11.3 Å². The van der Waals surface area contributed by atoms with E-state index < -0.39 is 15.7 Å². The van der Waals surface area contributed by atoms with E-state index in [1.54, 1.807) is 31.2 Å². The van der Waals surface area contributed by atoms with Gasteiger partial charge in [0.2, 0.25) is 5.88 Å². The molecule has 1 amide bonds. The Labute approximate surface area is 198 Å². The summed E-state index contributed by atoms with van der Waals surface area (Å²) in [4.78, 5) is 16.9. The average Bonchev–Trinajstić information content (AvgIpc) is 2.81. The van der Waals surface area contributed by atoms with E-state index in [9.17, 15) is 18.5 Å². The Kier molecular flexibility index (Phi) is 7.71. The monoisotopic (exact) mass is 479 g/mol. The summed E-state index contributed by atoms with van der Waals surface area (Å²) in [7, 11) is -3.22. The highest BCUT2D eigenvalue weighted by molar-refractivity contribution is 7.90. The van der Waals surface area contributed by atoms with Gasteiger partial charge in [-0.2, -0.15) is 5.26 Å². The number of nitrogen functional groups attached to an aromatic ring is 1. The van der Waals surface area contributed by atoms with Crippen LogP contribution in [-0.4, -0.2) is 32.2 Å². The number of nitrogens with zero attached hydrogens (tertiary/aromatic N) is 2. The molecule has 10 heteroatoms. The van der Waals surface area contributed by atoms with E-state index >= 15 is 0 Å². The van der Waals surface area contributed by atoms with E-state index in [-0.39, 0.29) is 34.3 Å². The molecule has 0 aliphatic rings. The van der Waals surface area contributed by atoms with Gasteiger partial charge in [0.25, 0.3) is 5.91 Å². The molecule has 0 bridgehead atoms. The molecule has 0 aliphatic carbocycles. The number of rotatable bonds is 9. The molecule has 0 atom stereocenters. The molecule has 3 rings (SSSR count). The first kappa shape index (κ1) is 24.5. The van der Waals surface area contributed by atoms with Crippen molar-refractivity contribution in [3.8, 4) is 11.9 Å². The molecule has 0 spiro atoms. The van der Waals surface area contributed by atoms with E-state index in [4.69, 9.17) is 10.5 Å². The summed E-state index contributed by atoms with van der Waals surface area (Å²) in [5.41, 5.74) is 8.90. The number of aromatic nitrogens is 1. The van der Waals surface area contributed by atoms with Crippen LogP contribution in [0.25, 0.3) is 0 Å². The number of ether oxygens (including phenoxy) is 1. The maximum absolute atomic E-state index is 12.5. The summed E-state index contributed by atoms with van der Waals surface area (Å²) < 4.78 is 28.4. The van der Waals surface area contributed by atoms with Crippen LogP contribution >= 0.6 is 0 Å². The van der Waals surface area contributed by atoms with E-state index in [2.05, 4.69) is 15.6 Å². The van der Waals surface area contributed by atoms with Gasteiger partial charge in [-0.15, -0.1) is 0 Å². The van der Waals surface area contributed by atoms with Gasteiger partial charge in [0.1, 0.15) is 17.3 Å². The summed E-state index contributed by atoms with van der Waals surface area (Å²) in [6.07, 6.45) is 1.17. The summed E-state index contributed by atoms with van der Waals surface area (Å²) in [6.45, 7) is 2.88. The number of nitrogens with two attached hydrogens (primary N) is 1. The predicted molar refractivity (Wildman–Crippen MR) is 129 cm³/mol. The molecule has 1 heterocycles. The van der Waals surface area contributed by atoms with Crippen molar-refractivity contribution in [2.75, 3.05) is 23.9 Å². The number of nitrogens with one attached hydrogen (secondary N) is 2. The van der Waals surface area contributed by atoms with E-state index in [1.807, 2.05) is 30.3 Å². The van der Waals surface area contributed by atoms with E-state index in [0.29, 0.717) is 13.2 Å². The van der Waals surface area contributed by atoms with Crippen LogP contribution in [0.4, 0.5) is 11.4 Å². The molecule has 0 radical (unpaired) electrons. The molecular formula is C24H25N5O4S. The van der Waals surface area contributed by atoms with Crippen molar-refractivity contribution in [3.05, 3.63) is 77.0 Å². The second-order valence-corrected chi connectivity index (χ2v) is 9.49. The molecule has 9 nitrogen and oxygen atoms in total. The van der Waals surface area contributed by atoms with Crippen molar-refractivity contribution < 1.29 is 17.9 Å². The third kappa shape index (κ3) is 6.24. The number of sulfone groups is 1. The Morgan fingerprint density at radius 1 is 1.09 bits per heavy atom. The molecule has 1 aromatic heterocycles. The molecule has 0 unspecified atom stereocenters. The van der Waals surface area contributed by atoms with Gasteiger partial charge in [0.15, 0.2) is 9.84 Å². The minimum atomic E-state index is -3.22. The summed E-state index contributed by atoms with van der Waals surface area (Å²) in [5, 5.41) is 15.2. The van der Waals surface area contributed by atoms with Gasteiger partial charge in [-0.1, -0.05) is 24.3 Å². The highest BCUT2D eigenvalue weighted by Gasteiger charge is 2.16. The minimum Gasteiger partial charge on any atom is -0.477 e. The first-order valence-corrected chi connectivity index (χ1v) is 12.3. The Morgan fingerprint density at radius 2 is 1.71 bits per heavy atom.